The second-order valence-electron chi connectivity index (χ2n) is 6.95. The Morgan fingerprint density at radius 2 is 2.04 bits per heavy atom. The van der Waals surface area contributed by atoms with Crippen LogP contribution in [-0.4, -0.2) is 46.5 Å². The number of hydrogen-bond donors (Lipinski definition) is 1. The van der Waals surface area contributed by atoms with Crippen LogP contribution in [0.4, 0.5) is 0 Å². The highest BCUT2D eigenvalue weighted by molar-refractivity contribution is 6.06. The predicted molar refractivity (Wildman–Crippen MR) is 103 cm³/mol. The van der Waals surface area contributed by atoms with Crippen molar-refractivity contribution in [1.29, 1.82) is 0 Å². The number of amides is 1. The Morgan fingerprint density at radius 1 is 1.35 bits per heavy atom. The van der Waals surface area contributed by atoms with Crippen molar-refractivity contribution < 1.29 is 9.21 Å². The number of hydrogen-bond acceptors (Lipinski definition) is 5. The fourth-order valence-electron chi connectivity index (χ4n) is 3.07. The van der Waals surface area contributed by atoms with Gasteiger partial charge in [-0.15, -0.1) is 0 Å². The highest BCUT2D eigenvalue weighted by Crippen LogP contribution is 2.20. The Labute approximate surface area is 154 Å². The van der Waals surface area contributed by atoms with Crippen molar-refractivity contribution in [3.05, 3.63) is 28.0 Å². The van der Waals surface area contributed by atoms with Gasteiger partial charge in [0.1, 0.15) is 17.5 Å². The summed E-state index contributed by atoms with van der Waals surface area (Å²) in [6.45, 7) is 14.0. The molecule has 0 bridgehead atoms. The van der Waals surface area contributed by atoms with E-state index < -0.39 is 0 Å². The summed E-state index contributed by atoms with van der Waals surface area (Å²) < 4.78 is 7.09. The number of nitrogens with one attached hydrogen (secondary N) is 1. The van der Waals surface area contributed by atoms with Gasteiger partial charge in [-0.25, -0.2) is 4.98 Å². The maximum absolute atomic E-state index is 12.8. The van der Waals surface area contributed by atoms with Crippen LogP contribution in [-0.2, 0) is 6.54 Å². The van der Waals surface area contributed by atoms with Gasteiger partial charge in [0, 0.05) is 13.1 Å². The van der Waals surface area contributed by atoms with Gasteiger partial charge in [-0.3, -0.25) is 14.2 Å². The third kappa shape index (κ3) is 4.52. The van der Waals surface area contributed by atoms with Crippen molar-refractivity contribution in [1.82, 2.24) is 19.8 Å². The van der Waals surface area contributed by atoms with Gasteiger partial charge >= 0.3 is 0 Å². The van der Waals surface area contributed by atoms with Gasteiger partial charge in [0.25, 0.3) is 11.5 Å². The molecule has 2 aromatic heterocycles. The number of nitrogens with zero attached hydrogens (tertiary/aromatic N) is 3. The summed E-state index contributed by atoms with van der Waals surface area (Å²) in [6.07, 6.45) is 2.34. The zero-order valence-corrected chi connectivity index (χ0v) is 16.5. The van der Waals surface area contributed by atoms with Crippen LogP contribution in [0.3, 0.4) is 0 Å². The first kappa shape index (κ1) is 20.2. The molecular weight excluding hydrogens is 332 g/mol. The van der Waals surface area contributed by atoms with Gasteiger partial charge in [-0.2, -0.15) is 0 Å². The van der Waals surface area contributed by atoms with Gasteiger partial charge in [0.15, 0.2) is 0 Å². The van der Waals surface area contributed by atoms with Crippen molar-refractivity contribution in [2.24, 2.45) is 5.92 Å². The van der Waals surface area contributed by atoms with Crippen LogP contribution in [0.1, 0.15) is 50.2 Å². The van der Waals surface area contributed by atoms with E-state index in [4.69, 9.17) is 4.42 Å². The van der Waals surface area contributed by atoms with Crippen molar-refractivity contribution in [3.8, 4) is 0 Å². The fraction of sp³-hybridized carbons (Fsp3) is 0.632. The summed E-state index contributed by atoms with van der Waals surface area (Å²) in [5.74, 6) is 0.451. The van der Waals surface area contributed by atoms with Crippen LogP contribution >= 0.6 is 0 Å². The third-order valence-corrected chi connectivity index (χ3v) is 4.47. The summed E-state index contributed by atoms with van der Waals surface area (Å²) >= 11 is 0. The Morgan fingerprint density at radius 3 is 2.65 bits per heavy atom. The molecule has 0 radical (unpaired) electrons. The molecule has 2 aromatic rings. The second-order valence-corrected chi connectivity index (χ2v) is 6.95. The first-order valence-corrected chi connectivity index (χ1v) is 9.38. The van der Waals surface area contributed by atoms with Crippen LogP contribution in [0.5, 0.6) is 0 Å². The predicted octanol–water partition coefficient (Wildman–Crippen LogP) is 2.42. The van der Waals surface area contributed by atoms with Gasteiger partial charge in [-0.05, 0) is 38.9 Å². The molecule has 0 unspecified atom stereocenters. The Hall–Kier alpha value is -2.15. The molecule has 0 fully saturated rings. The lowest BCUT2D eigenvalue weighted by molar-refractivity contribution is 0.0951. The van der Waals surface area contributed by atoms with E-state index in [0.29, 0.717) is 30.3 Å². The third-order valence-electron chi connectivity index (χ3n) is 4.47. The van der Waals surface area contributed by atoms with Crippen LogP contribution in [0.2, 0.25) is 0 Å². The molecule has 0 spiro atoms. The molecule has 7 heteroatoms. The number of carbonyl (C=O) groups excluding carboxylic acids is 1. The minimum atomic E-state index is -0.276. The van der Waals surface area contributed by atoms with E-state index in [1.165, 1.54) is 6.33 Å². The molecule has 7 nitrogen and oxygen atoms in total. The summed E-state index contributed by atoms with van der Waals surface area (Å²) in [5.41, 5.74) is 0.299. The van der Waals surface area contributed by atoms with Gasteiger partial charge in [0.05, 0.1) is 5.56 Å². The van der Waals surface area contributed by atoms with E-state index in [2.05, 4.69) is 29.0 Å². The molecule has 1 N–H and O–H groups in total. The molecule has 0 aliphatic carbocycles. The fourth-order valence-corrected chi connectivity index (χ4v) is 3.07. The maximum atomic E-state index is 12.8. The van der Waals surface area contributed by atoms with Gasteiger partial charge < -0.3 is 14.6 Å². The average Bonchev–Trinajstić information content (AvgIpc) is 2.94. The molecule has 1 amide bonds. The maximum Gasteiger partial charge on any atom is 0.265 e. The van der Waals surface area contributed by atoms with E-state index in [1.54, 1.807) is 11.5 Å². The molecule has 2 heterocycles. The normalized spacial score (nSPS) is 11.7. The molecule has 144 valence electrons. The summed E-state index contributed by atoms with van der Waals surface area (Å²) in [4.78, 5) is 31.9. The number of rotatable bonds is 9. The number of aryl methyl sites for hydroxylation is 1. The number of aromatic nitrogens is 2. The molecule has 2 rings (SSSR count). The molecular formula is C19H30N4O3. The smallest absolute Gasteiger partial charge is 0.265 e. The standard InChI is InChI=1S/C19H30N4O3/c1-6-22(7-2)10-8-9-20-17(24)15-14(5)26-18-16(15)19(25)23(12-21-18)11-13(3)4/h12-13H,6-11H2,1-5H3,(H,20,24). The minimum absolute atomic E-state index is 0.223. The Kier molecular flexibility index (Phi) is 6.97. The van der Waals surface area contributed by atoms with Crippen LogP contribution in [0.15, 0.2) is 15.5 Å². The summed E-state index contributed by atoms with van der Waals surface area (Å²) in [7, 11) is 0. The zero-order valence-electron chi connectivity index (χ0n) is 16.5. The molecule has 26 heavy (non-hydrogen) atoms. The number of fused-ring (bicyclic) bond motifs is 1. The quantitative estimate of drug-likeness (QED) is 0.693. The van der Waals surface area contributed by atoms with Crippen LogP contribution in [0.25, 0.3) is 11.1 Å². The molecule has 0 saturated carbocycles. The molecule has 0 atom stereocenters. The topological polar surface area (TPSA) is 80.4 Å². The van der Waals surface area contributed by atoms with Crippen molar-refractivity contribution >= 4 is 17.0 Å². The van der Waals surface area contributed by atoms with E-state index in [1.807, 2.05) is 13.8 Å². The van der Waals surface area contributed by atoms with E-state index in [-0.39, 0.29) is 22.6 Å². The molecule has 0 aliphatic rings. The zero-order chi connectivity index (χ0) is 19.3. The molecule has 0 aromatic carbocycles. The van der Waals surface area contributed by atoms with Crippen LogP contribution in [0, 0.1) is 12.8 Å². The van der Waals surface area contributed by atoms with Crippen molar-refractivity contribution in [3.63, 3.8) is 0 Å². The van der Waals surface area contributed by atoms with Crippen molar-refractivity contribution in [2.45, 2.75) is 47.6 Å². The average molecular weight is 362 g/mol. The Balaban J connectivity index is 2.18. The van der Waals surface area contributed by atoms with Crippen LogP contribution < -0.4 is 10.9 Å². The second kappa shape index (κ2) is 8.98. The van der Waals surface area contributed by atoms with E-state index >= 15 is 0 Å². The lowest BCUT2D eigenvalue weighted by Crippen LogP contribution is -2.31. The van der Waals surface area contributed by atoms with Gasteiger partial charge in [-0.1, -0.05) is 27.7 Å². The molecule has 0 aliphatic heterocycles. The SMILES string of the molecule is CCN(CC)CCCNC(=O)c1c(C)oc2ncn(CC(C)C)c(=O)c12. The highest BCUT2D eigenvalue weighted by Gasteiger charge is 2.22. The van der Waals surface area contributed by atoms with Gasteiger partial charge in [0.2, 0.25) is 5.71 Å². The molecule has 0 saturated heterocycles. The first-order valence-electron chi connectivity index (χ1n) is 9.38. The summed E-state index contributed by atoms with van der Waals surface area (Å²) in [6, 6.07) is 0. The lowest BCUT2D eigenvalue weighted by atomic mass is 10.1. The lowest BCUT2D eigenvalue weighted by Gasteiger charge is -2.17. The first-order chi connectivity index (χ1) is 12.4. The monoisotopic (exact) mass is 362 g/mol. The summed E-state index contributed by atoms with van der Waals surface area (Å²) in [5, 5.41) is 3.18. The number of carbonyl (C=O) groups is 1. The van der Waals surface area contributed by atoms with E-state index in [9.17, 15) is 9.59 Å². The highest BCUT2D eigenvalue weighted by atomic mass is 16.3. The number of furan rings is 1. The Bertz CT molecular complexity index is 803. The largest absolute Gasteiger partial charge is 0.442 e. The minimum Gasteiger partial charge on any atom is -0.442 e. The van der Waals surface area contributed by atoms with Crippen molar-refractivity contribution in [2.75, 3.05) is 26.2 Å². The van der Waals surface area contributed by atoms with E-state index in [0.717, 1.165) is 26.1 Å².